The lowest BCUT2D eigenvalue weighted by Crippen LogP contribution is -2.56. The second-order valence-electron chi connectivity index (χ2n) is 9.81. The number of aromatic nitrogens is 4. The standard InChI is InChI=1S/C23H27F3N6O2/c1-12-8-33-9-13-10-34-17-18(22(2,3)4)30-20(31-21(17)32(12)13)16-14-5-6-27-19(14)28-7-15(16)29-11-23(24,25)26/h5-7,12-13,29H,8-11H2,1-4H3,(H,27,28)/t12-,13+/m1/s1. The van der Waals surface area contributed by atoms with Crippen LogP contribution in [0.3, 0.4) is 0 Å². The topological polar surface area (TPSA) is 88.2 Å². The second kappa shape index (κ2) is 8.00. The number of hydrogen-bond donors (Lipinski definition) is 2. The van der Waals surface area contributed by atoms with Crippen LogP contribution in [0.5, 0.6) is 5.75 Å². The van der Waals surface area contributed by atoms with Crippen LogP contribution in [0.1, 0.15) is 33.4 Å². The van der Waals surface area contributed by atoms with E-state index in [0.717, 1.165) is 0 Å². The quantitative estimate of drug-likeness (QED) is 0.584. The zero-order chi connectivity index (χ0) is 24.3. The lowest BCUT2D eigenvalue weighted by Gasteiger charge is -2.45. The van der Waals surface area contributed by atoms with Crippen LogP contribution in [0, 0.1) is 0 Å². The number of morpholine rings is 1. The Bertz CT molecular complexity index is 1220. The minimum atomic E-state index is -4.39. The number of halogens is 3. The van der Waals surface area contributed by atoms with Crippen molar-refractivity contribution in [3.63, 3.8) is 0 Å². The number of anilines is 2. The Balaban J connectivity index is 1.74. The van der Waals surface area contributed by atoms with Gasteiger partial charge in [-0.3, -0.25) is 0 Å². The van der Waals surface area contributed by atoms with Gasteiger partial charge in [0, 0.05) is 17.0 Å². The Morgan fingerprint density at radius 1 is 1.18 bits per heavy atom. The van der Waals surface area contributed by atoms with E-state index in [2.05, 4.69) is 27.1 Å². The molecule has 5 rings (SSSR count). The number of H-pyrrole nitrogens is 1. The van der Waals surface area contributed by atoms with Gasteiger partial charge in [0.2, 0.25) is 0 Å². The average molecular weight is 477 g/mol. The molecular formula is C23H27F3N6O2. The molecule has 1 saturated heterocycles. The van der Waals surface area contributed by atoms with Crippen LogP contribution < -0.4 is 15.0 Å². The van der Waals surface area contributed by atoms with Crippen LogP contribution in [0.25, 0.3) is 22.4 Å². The molecule has 3 aromatic rings. The van der Waals surface area contributed by atoms with Gasteiger partial charge in [0.25, 0.3) is 0 Å². The van der Waals surface area contributed by atoms with Gasteiger partial charge in [-0.15, -0.1) is 0 Å². The van der Waals surface area contributed by atoms with Gasteiger partial charge >= 0.3 is 6.18 Å². The lowest BCUT2D eigenvalue weighted by molar-refractivity contribution is -0.115. The predicted molar refractivity (Wildman–Crippen MR) is 122 cm³/mol. The van der Waals surface area contributed by atoms with Crippen LogP contribution in [0.2, 0.25) is 0 Å². The first kappa shape index (κ1) is 22.7. The van der Waals surface area contributed by atoms with Gasteiger partial charge < -0.3 is 24.7 Å². The molecule has 0 radical (unpaired) electrons. The van der Waals surface area contributed by atoms with Crippen molar-refractivity contribution in [3.05, 3.63) is 24.2 Å². The van der Waals surface area contributed by atoms with Crippen LogP contribution >= 0.6 is 0 Å². The smallest absolute Gasteiger partial charge is 0.405 e. The Labute approximate surface area is 194 Å². The van der Waals surface area contributed by atoms with Crippen molar-refractivity contribution in [2.24, 2.45) is 0 Å². The second-order valence-corrected chi connectivity index (χ2v) is 9.81. The fourth-order valence-corrected chi connectivity index (χ4v) is 4.53. The third-order valence-electron chi connectivity index (χ3n) is 6.05. The summed E-state index contributed by atoms with van der Waals surface area (Å²) in [5.41, 5.74) is 1.53. The number of nitrogens with zero attached hydrogens (tertiary/aromatic N) is 4. The molecule has 8 nitrogen and oxygen atoms in total. The number of alkyl halides is 3. The lowest BCUT2D eigenvalue weighted by atomic mass is 9.90. The van der Waals surface area contributed by atoms with E-state index in [1.165, 1.54) is 6.20 Å². The highest BCUT2D eigenvalue weighted by molar-refractivity contribution is 5.98. The molecule has 2 aliphatic rings. The number of pyridine rings is 1. The Morgan fingerprint density at radius 3 is 2.71 bits per heavy atom. The highest BCUT2D eigenvalue weighted by Gasteiger charge is 2.40. The van der Waals surface area contributed by atoms with Crippen LogP contribution in [0.4, 0.5) is 24.7 Å². The van der Waals surface area contributed by atoms with E-state index in [9.17, 15) is 13.2 Å². The summed E-state index contributed by atoms with van der Waals surface area (Å²) >= 11 is 0. The maximum Gasteiger partial charge on any atom is 0.405 e. The first-order chi connectivity index (χ1) is 16.0. The summed E-state index contributed by atoms with van der Waals surface area (Å²) in [6, 6.07) is 1.83. The summed E-state index contributed by atoms with van der Waals surface area (Å²) in [4.78, 5) is 19.3. The summed E-state index contributed by atoms with van der Waals surface area (Å²) in [6.45, 7) is 8.47. The summed E-state index contributed by atoms with van der Waals surface area (Å²) < 4.78 is 51.0. The number of ether oxygens (including phenoxy) is 2. The normalized spacial score (nSPS) is 20.6. The van der Waals surface area contributed by atoms with Crippen molar-refractivity contribution in [1.29, 1.82) is 0 Å². The number of hydrogen-bond acceptors (Lipinski definition) is 7. The molecule has 0 bridgehead atoms. The summed E-state index contributed by atoms with van der Waals surface area (Å²) in [6.07, 6.45) is -1.31. The molecule has 0 aromatic carbocycles. The first-order valence-corrected chi connectivity index (χ1v) is 11.2. The van der Waals surface area contributed by atoms with E-state index in [1.807, 2.05) is 20.8 Å². The molecule has 5 heterocycles. The molecule has 0 spiro atoms. The molecule has 1 fully saturated rings. The molecule has 0 unspecified atom stereocenters. The van der Waals surface area contributed by atoms with Gasteiger partial charge in [-0.05, 0) is 13.0 Å². The monoisotopic (exact) mass is 476 g/mol. The minimum absolute atomic E-state index is 0.000592. The number of rotatable bonds is 3. The fraction of sp³-hybridized carbons (Fsp3) is 0.522. The van der Waals surface area contributed by atoms with Crippen LogP contribution in [0.15, 0.2) is 18.5 Å². The minimum Gasteiger partial charge on any atom is -0.486 e. The van der Waals surface area contributed by atoms with E-state index in [-0.39, 0.29) is 17.8 Å². The molecule has 0 aliphatic carbocycles. The van der Waals surface area contributed by atoms with E-state index in [1.54, 1.807) is 12.3 Å². The van der Waals surface area contributed by atoms with Crippen LogP contribution in [-0.2, 0) is 10.2 Å². The third kappa shape index (κ3) is 4.02. The largest absolute Gasteiger partial charge is 0.486 e. The Kier molecular flexibility index (Phi) is 5.34. The highest BCUT2D eigenvalue weighted by Crippen LogP contribution is 2.44. The van der Waals surface area contributed by atoms with Crippen molar-refractivity contribution in [1.82, 2.24) is 19.9 Å². The van der Waals surface area contributed by atoms with E-state index < -0.39 is 18.1 Å². The molecule has 11 heteroatoms. The van der Waals surface area contributed by atoms with Crippen molar-refractivity contribution >= 4 is 22.5 Å². The third-order valence-corrected chi connectivity index (χ3v) is 6.05. The molecular weight excluding hydrogens is 449 g/mol. The number of nitrogens with one attached hydrogen (secondary N) is 2. The molecule has 2 N–H and O–H groups in total. The zero-order valence-corrected chi connectivity index (χ0v) is 19.5. The van der Waals surface area contributed by atoms with E-state index in [4.69, 9.17) is 19.4 Å². The highest BCUT2D eigenvalue weighted by atomic mass is 19.4. The number of aromatic amines is 1. The van der Waals surface area contributed by atoms with Crippen molar-refractivity contribution in [2.45, 2.75) is 51.4 Å². The van der Waals surface area contributed by atoms with Crippen LogP contribution in [-0.4, -0.2) is 64.6 Å². The summed E-state index contributed by atoms with van der Waals surface area (Å²) in [5.74, 6) is 1.58. The molecule has 182 valence electrons. The average Bonchev–Trinajstić information content (AvgIpc) is 3.24. The molecule has 3 aromatic heterocycles. The van der Waals surface area contributed by atoms with Gasteiger partial charge in [-0.1, -0.05) is 20.8 Å². The van der Waals surface area contributed by atoms with Crippen molar-refractivity contribution < 1.29 is 22.6 Å². The SMILES string of the molecule is C[C@@H]1COC[C@H]2COc3c(nc(-c4c(NCC(F)(F)F)cnc5[nH]ccc45)nc3C(C)(C)C)N21. The molecule has 2 atom stereocenters. The van der Waals surface area contributed by atoms with Gasteiger partial charge in [-0.2, -0.15) is 13.2 Å². The summed E-state index contributed by atoms with van der Waals surface area (Å²) in [7, 11) is 0. The molecule has 34 heavy (non-hydrogen) atoms. The van der Waals surface area contributed by atoms with Crippen molar-refractivity contribution in [3.8, 4) is 17.1 Å². The first-order valence-electron chi connectivity index (χ1n) is 11.2. The van der Waals surface area contributed by atoms with Gasteiger partial charge in [-0.25, -0.2) is 15.0 Å². The van der Waals surface area contributed by atoms with E-state index >= 15 is 0 Å². The van der Waals surface area contributed by atoms with Gasteiger partial charge in [0.05, 0.1) is 48.4 Å². The summed E-state index contributed by atoms with van der Waals surface area (Å²) in [5, 5.41) is 3.13. The fourth-order valence-electron chi connectivity index (χ4n) is 4.53. The zero-order valence-electron chi connectivity index (χ0n) is 19.5. The Hall–Kier alpha value is -3.08. The Morgan fingerprint density at radius 2 is 1.97 bits per heavy atom. The van der Waals surface area contributed by atoms with Crippen molar-refractivity contribution in [2.75, 3.05) is 36.6 Å². The molecule has 0 saturated carbocycles. The predicted octanol–water partition coefficient (Wildman–Crippen LogP) is 4.28. The van der Waals surface area contributed by atoms with E-state index in [0.29, 0.717) is 59.5 Å². The number of fused-ring (bicyclic) bond motifs is 4. The molecule has 0 amide bonds. The van der Waals surface area contributed by atoms with Gasteiger partial charge in [0.1, 0.15) is 18.8 Å². The van der Waals surface area contributed by atoms with Gasteiger partial charge in [0.15, 0.2) is 17.4 Å². The maximum absolute atomic E-state index is 13.0. The maximum atomic E-state index is 13.0. The molecule has 2 aliphatic heterocycles.